The Hall–Kier alpha value is -0.610. The first-order valence-electron chi connectivity index (χ1n) is 7.95. The van der Waals surface area contributed by atoms with Crippen LogP contribution in [0.5, 0.6) is 0 Å². The minimum absolute atomic E-state index is 0.197. The van der Waals surface area contributed by atoms with Crippen LogP contribution in [-0.2, 0) is 4.79 Å². The van der Waals surface area contributed by atoms with Gasteiger partial charge in [-0.05, 0) is 50.6 Å². The SMILES string of the molecule is O=C(O)C1C2CCCC2CN1CCN1CCCCC1. The van der Waals surface area contributed by atoms with Crippen LogP contribution in [0.3, 0.4) is 0 Å². The van der Waals surface area contributed by atoms with Gasteiger partial charge in [-0.15, -0.1) is 0 Å². The Bertz CT molecular complexity index is 328. The van der Waals surface area contributed by atoms with E-state index in [0.29, 0.717) is 11.8 Å². The van der Waals surface area contributed by atoms with Crippen molar-refractivity contribution in [2.45, 2.75) is 44.6 Å². The summed E-state index contributed by atoms with van der Waals surface area (Å²) in [6.45, 7) is 5.44. The summed E-state index contributed by atoms with van der Waals surface area (Å²) < 4.78 is 0. The second-order valence-corrected chi connectivity index (χ2v) is 6.54. The third-order valence-electron chi connectivity index (χ3n) is 5.39. The molecule has 3 aliphatic rings. The van der Waals surface area contributed by atoms with Gasteiger partial charge < -0.3 is 10.0 Å². The zero-order chi connectivity index (χ0) is 13.2. The lowest BCUT2D eigenvalue weighted by molar-refractivity contribution is -0.143. The number of likely N-dealkylation sites (tertiary alicyclic amines) is 2. The molecule has 3 unspecified atom stereocenters. The molecule has 0 amide bonds. The van der Waals surface area contributed by atoms with Crippen molar-refractivity contribution in [3.05, 3.63) is 0 Å². The number of hydrogen-bond donors (Lipinski definition) is 1. The summed E-state index contributed by atoms with van der Waals surface area (Å²) in [5, 5.41) is 9.51. The Balaban J connectivity index is 1.55. The van der Waals surface area contributed by atoms with Crippen LogP contribution < -0.4 is 0 Å². The molecule has 4 nitrogen and oxygen atoms in total. The number of aliphatic carboxylic acids is 1. The van der Waals surface area contributed by atoms with E-state index in [1.54, 1.807) is 0 Å². The topological polar surface area (TPSA) is 43.8 Å². The number of fused-ring (bicyclic) bond motifs is 1. The van der Waals surface area contributed by atoms with Gasteiger partial charge in [-0.2, -0.15) is 0 Å². The second-order valence-electron chi connectivity index (χ2n) is 6.54. The lowest BCUT2D eigenvalue weighted by Crippen LogP contribution is -2.44. The van der Waals surface area contributed by atoms with Crippen LogP contribution in [0, 0.1) is 11.8 Å². The van der Waals surface area contributed by atoms with Gasteiger partial charge in [-0.1, -0.05) is 12.8 Å². The van der Waals surface area contributed by atoms with Gasteiger partial charge in [-0.3, -0.25) is 9.69 Å². The van der Waals surface area contributed by atoms with Crippen molar-refractivity contribution in [2.24, 2.45) is 11.8 Å². The minimum atomic E-state index is -0.590. The Morgan fingerprint density at radius 1 is 1.05 bits per heavy atom. The first-order valence-corrected chi connectivity index (χ1v) is 7.95. The van der Waals surface area contributed by atoms with Crippen LogP contribution in [0.25, 0.3) is 0 Å². The minimum Gasteiger partial charge on any atom is -0.480 e. The highest BCUT2D eigenvalue weighted by Crippen LogP contribution is 2.42. The molecule has 19 heavy (non-hydrogen) atoms. The van der Waals surface area contributed by atoms with E-state index in [-0.39, 0.29) is 6.04 Å². The van der Waals surface area contributed by atoms with Crippen LogP contribution in [0.2, 0.25) is 0 Å². The molecule has 4 heteroatoms. The highest BCUT2D eigenvalue weighted by atomic mass is 16.4. The van der Waals surface area contributed by atoms with E-state index in [1.807, 2.05) is 0 Å². The molecule has 108 valence electrons. The van der Waals surface area contributed by atoms with Gasteiger partial charge >= 0.3 is 5.97 Å². The molecule has 3 atom stereocenters. The maximum Gasteiger partial charge on any atom is 0.321 e. The van der Waals surface area contributed by atoms with E-state index in [9.17, 15) is 9.90 Å². The Morgan fingerprint density at radius 2 is 1.84 bits per heavy atom. The molecule has 1 aliphatic carbocycles. The van der Waals surface area contributed by atoms with E-state index in [2.05, 4.69) is 9.80 Å². The first kappa shape index (κ1) is 13.4. The Kier molecular flexibility index (Phi) is 4.08. The molecule has 0 aromatic rings. The number of piperidine rings is 1. The normalized spacial score (nSPS) is 36.5. The summed E-state index contributed by atoms with van der Waals surface area (Å²) in [6, 6.07) is -0.197. The molecule has 0 radical (unpaired) electrons. The fourth-order valence-electron chi connectivity index (χ4n) is 4.42. The molecule has 2 heterocycles. The van der Waals surface area contributed by atoms with Crippen molar-refractivity contribution in [3.63, 3.8) is 0 Å². The summed E-state index contributed by atoms with van der Waals surface area (Å²) in [5.74, 6) is 0.495. The molecule has 1 N–H and O–H groups in total. The molecule has 0 aromatic heterocycles. The van der Waals surface area contributed by atoms with Gasteiger partial charge in [0.05, 0.1) is 0 Å². The van der Waals surface area contributed by atoms with Gasteiger partial charge in [0, 0.05) is 19.6 Å². The number of carboxylic acids is 1. The summed E-state index contributed by atoms with van der Waals surface area (Å²) in [4.78, 5) is 16.3. The lowest BCUT2D eigenvalue weighted by Gasteiger charge is -2.30. The summed E-state index contributed by atoms with van der Waals surface area (Å²) in [7, 11) is 0. The Labute approximate surface area is 115 Å². The highest BCUT2D eigenvalue weighted by molar-refractivity contribution is 5.74. The quantitative estimate of drug-likeness (QED) is 0.840. The molecule has 3 rings (SSSR count). The zero-order valence-corrected chi connectivity index (χ0v) is 11.8. The fourth-order valence-corrected chi connectivity index (χ4v) is 4.42. The van der Waals surface area contributed by atoms with Gasteiger partial charge in [0.25, 0.3) is 0 Å². The van der Waals surface area contributed by atoms with Gasteiger partial charge in [-0.25, -0.2) is 0 Å². The predicted molar refractivity (Wildman–Crippen MR) is 74.1 cm³/mol. The van der Waals surface area contributed by atoms with Crippen LogP contribution in [0.1, 0.15) is 38.5 Å². The van der Waals surface area contributed by atoms with Crippen molar-refractivity contribution in [1.82, 2.24) is 9.80 Å². The molecule has 3 fully saturated rings. The number of carboxylic acid groups (broad SMARTS) is 1. The smallest absolute Gasteiger partial charge is 0.321 e. The molecule has 0 aromatic carbocycles. The van der Waals surface area contributed by atoms with Gasteiger partial charge in [0.15, 0.2) is 0 Å². The van der Waals surface area contributed by atoms with Crippen LogP contribution in [-0.4, -0.2) is 59.6 Å². The lowest BCUT2D eigenvalue weighted by atomic mass is 9.94. The molecular formula is C15H26N2O2. The maximum atomic E-state index is 11.6. The highest BCUT2D eigenvalue weighted by Gasteiger charge is 2.47. The average Bonchev–Trinajstić information content (AvgIpc) is 2.96. The van der Waals surface area contributed by atoms with Gasteiger partial charge in [0.2, 0.25) is 0 Å². The van der Waals surface area contributed by atoms with Crippen molar-refractivity contribution in [3.8, 4) is 0 Å². The zero-order valence-electron chi connectivity index (χ0n) is 11.8. The van der Waals surface area contributed by atoms with Crippen molar-refractivity contribution < 1.29 is 9.90 Å². The fraction of sp³-hybridized carbons (Fsp3) is 0.933. The van der Waals surface area contributed by atoms with E-state index in [1.165, 1.54) is 45.2 Å². The molecule has 2 aliphatic heterocycles. The van der Waals surface area contributed by atoms with Crippen molar-refractivity contribution >= 4 is 5.97 Å². The van der Waals surface area contributed by atoms with Crippen LogP contribution in [0.4, 0.5) is 0 Å². The van der Waals surface area contributed by atoms with E-state index in [4.69, 9.17) is 0 Å². The third-order valence-corrected chi connectivity index (χ3v) is 5.39. The number of hydrogen-bond acceptors (Lipinski definition) is 3. The van der Waals surface area contributed by atoms with E-state index >= 15 is 0 Å². The third kappa shape index (κ3) is 2.79. The summed E-state index contributed by atoms with van der Waals surface area (Å²) in [6.07, 6.45) is 7.60. The number of nitrogens with zero attached hydrogens (tertiary/aromatic N) is 2. The monoisotopic (exact) mass is 266 g/mol. The van der Waals surface area contributed by atoms with E-state index in [0.717, 1.165) is 26.1 Å². The number of rotatable bonds is 4. The molecule has 2 saturated heterocycles. The molecular weight excluding hydrogens is 240 g/mol. The van der Waals surface area contributed by atoms with Crippen LogP contribution in [0.15, 0.2) is 0 Å². The van der Waals surface area contributed by atoms with Crippen molar-refractivity contribution in [2.75, 3.05) is 32.7 Å². The van der Waals surface area contributed by atoms with Gasteiger partial charge in [0.1, 0.15) is 6.04 Å². The molecule has 1 saturated carbocycles. The van der Waals surface area contributed by atoms with Crippen molar-refractivity contribution in [1.29, 1.82) is 0 Å². The molecule has 0 spiro atoms. The maximum absolute atomic E-state index is 11.6. The van der Waals surface area contributed by atoms with Crippen LogP contribution >= 0.6 is 0 Å². The number of carbonyl (C=O) groups is 1. The summed E-state index contributed by atoms with van der Waals surface area (Å²) >= 11 is 0. The largest absolute Gasteiger partial charge is 0.480 e. The first-order chi connectivity index (χ1) is 9.25. The summed E-state index contributed by atoms with van der Waals surface area (Å²) in [5.41, 5.74) is 0. The second kappa shape index (κ2) is 5.80. The Morgan fingerprint density at radius 3 is 2.58 bits per heavy atom. The average molecular weight is 266 g/mol. The standard InChI is InChI=1S/C15H26N2O2/c18-15(19)14-13-6-4-5-12(13)11-17(14)10-9-16-7-2-1-3-8-16/h12-14H,1-11H2,(H,18,19). The predicted octanol–water partition coefficient (Wildman–Crippen LogP) is 1.66. The molecule has 0 bridgehead atoms. The van der Waals surface area contributed by atoms with E-state index < -0.39 is 5.97 Å².